The van der Waals surface area contributed by atoms with Crippen molar-refractivity contribution in [2.75, 3.05) is 5.32 Å². The van der Waals surface area contributed by atoms with Crippen LogP contribution in [-0.4, -0.2) is 32.1 Å². The lowest BCUT2D eigenvalue weighted by Crippen LogP contribution is -2.27. The molecule has 6 rings (SSSR count). The first-order chi connectivity index (χ1) is 22.5. The highest BCUT2D eigenvalue weighted by atomic mass is 79.9. The largest absolute Gasteiger partial charge is 0.488 e. The predicted molar refractivity (Wildman–Crippen MR) is 189 cm³/mol. The van der Waals surface area contributed by atoms with E-state index in [1.807, 2.05) is 109 Å². The van der Waals surface area contributed by atoms with E-state index in [0.29, 0.717) is 24.1 Å². The molecule has 2 N–H and O–H groups in total. The van der Waals surface area contributed by atoms with Crippen molar-refractivity contribution >= 4 is 56.3 Å². The Morgan fingerprint density at radius 3 is 2.57 bits per heavy atom. The summed E-state index contributed by atoms with van der Waals surface area (Å²) >= 11 is 4.81. The van der Waals surface area contributed by atoms with E-state index in [2.05, 4.69) is 66.2 Å². The molecule has 0 spiro atoms. The van der Waals surface area contributed by atoms with Gasteiger partial charge < -0.3 is 10.1 Å². The summed E-state index contributed by atoms with van der Waals surface area (Å²) in [6.07, 6.45) is 1.59. The Labute approximate surface area is 280 Å². The molecule has 10 heteroatoms. The van der Waals surface area contributed by atoms with Crippen molar-refractivity contribution in [1.29, 1.82) is 0 Å². The second-order valence-electron chi connectivity index (χ2n) is 10.4. The number of ether oxygens (including phenoxy) is 1. The summed E-state index contributed by atoms with van der Waals surface area (Å²) in [6.45, 7) is 2.68. The Morgan fingerprint density at radius 1 is 0.935 bits per heavy atom. The predicted octanol–water partition coefficient (Wildman–Crippen LogP) is 8.01. The van der Waals surface area contributed by atoms with Crippen LogP contribution in [0.3, 0.4) is 0 Å². The van der Waals surface area contributed by atoms with Crippen LogP contribution in [0.5, 0.6) is 5.75 Å². The van der Waals surface area contributed by atoms with Crippen molar-refractivity contribution < 1.29 is 9.53 Å². The number of aromatic nitrogens is 3. The molecule has 0 aliphatic carbocycles. The fraction of sp³-hybridized carbons (Fsp3) is 0.111. The zero-order chi connectivity index (χ0) is 31.7. The molecule has 0 saturated carbocycles. The molecule has 0 radical (unpaired) electrons. The number of fused-ring (bicyclic) bond motifs is 1. The minimum Gasteiger partial charge on any atom is -0.488 e. The van der Waals surface area contributed by atoms with Crippen LogP contribution >= 0.6 is 27.7 Å². The van der Waals surface area contributed by atoms with Crippen LogP contribution in [0, 0.1) is 0 Å². The molecule has 1 atom stereocenters. The van der Waals surface area contributed by atoms with Gasteiger partial charge in [-0.1, -0.05) is 107 Å². The number of anilines is 1. The molecule has 1 amide bonds. The zero-order valence-electron chi connectivity index (χ0n) is 25.0. The number of nitrogens with one attached hydrogen (secondary N) is 2. The number of amides is 1. The maximum atomic E-state index is 13.1. The number of carbonyl (C=O) groups is 1. The van der Waals surface area contributed by atoms with Crippen molar-refractivity contribution in [2.45, 2.75) is 30.5 Å². The van der Waals surface area contributed by atoms with Crippen molar-refractivity contribution in [2.24, 2.45) is 5.10 Å². The van der Waals surface area contributed by atoms with Gasteiger partial charge in [-0.15, -0.1) is 10.2 Å². The lowest BCUT2D eigenvalue weighted by atomic mass is 10.1. The van der Waals surface area contributed by atoms with E-state index in [1.165, 1.54) is 11.8 Å². The van der Waals surface area contributed by atoms with Gasteiger partial charge in [0.25, 0.3) is 5.91 Å². The molecule has 6 aromatic rings. The lowest BCUT2D eigenvalue weighted by Gasteiger charge is -2.14. The highest BCUT2D eigenvalue weighted by molar-refractivity contribution is 9.10. The minimum absolute atomic E-state index is 0.258. The smallest absolute Gasteiger partial charge is 0.253 e. The molecule has 5 aromatic carbocycles. The molecule has 0 aliphatic rings. The first kappa shape index (κ1) is 31.1. The number of rotatable bonds is 12. The molecular weight excluding hydrogens is 660 g/mol. The van der Waals surface area contributed by atoms with Gasteiger partial charge in [0.15, 0.2) is 11.0 Å². The number of nitrogens with zero attached hydrogens (tertiary/aromatic N) is 4. The number of hydrogen-bond donors (Lipinski definition) is 2. The fourth-order valence-electron chi connectivity index (χ4n) is 4.86. The third-order valence-corrected chi connectivity index (χ3v) is 8.71. The van der Waals surface area contributed by atoms with Crippen molar-refractivity contribution in [1.82, 2.24) is 20.2 Å². The van der Waals surface area contributed by atoms with Crippen molar-refractivity contribution in [3.63, 3.8) is 0 Å². The van der Waals surface area contributed by atoms with Crippen LogP contribution in [-0.2, 0) is 17.9 Å². The van der Waals surface area contributed by atoms with Crippen molar-refractivity contribution in [3.05, 3.63) is 143 Å². The number of benzene rings is 5. The molecule has 230 valence electrons. The highest BCUT2D eigenvalue weighted by Gasteiger charge is 2.21. The molecule has 1 heterocycles. The maximum absolute atomic E-state index is 13.1. The SMILES string of the molecule is CC(Sc1nnc(CNc2cccc3ccccc23)n1-c1ccccc1)C(=O)N/N=C/c1ccccc1OCc1cccc(Br)c1. The molecule has 0 fully saturated rings. The Bertz CT molecular complexity index is 1980. The first-order valence-corrected chi connectivity index (χ1v) is 16.4. The van der Waals surface area contributed by atoms with Gasteiger partial charge in [0.1, 0.15) is 12.4 Å². The topological polar surface area (TPSA) is 93.4 Å². The first-order valence-electron chi connectivity index (χ1n) is 14.7. The summed E-state index contributed by atoms with van der Waals surface area (Å²) in [7, 11) is 0. The van der Waals surface area contributed by atoms with Crippen LogP contribution in [0.1, 0.15) is 23.9 Å². The molecule has 46 heavy (non-hydrogen) atoms. The summed E-state index contributed by atoms with van der Waals surface area (Å²) < 4.78 is 9.01. The Kier molecular flexibility index (Phi) is 10.1. The van der Waals surface area contributed by atoms with E-state index in [9.17, 15) is 4.79 Å². The summed E-state index contributed by atoms with van der Waals surface area (Å²) in [5.41, 5.74) is 6.39. The molecule has 1 unspecified atom stereocenters. The van der Waals surface area contributed by atoms with Crippen LogP contribution in [0.15, 0.2) is 136 Å². The average molecular weight is 692 g/mol. The van der Waals surface area contributed by atoms with E-state index in [0.717, 1.165) is 43.6 Å². The average Bonchev–Trinajstić information content (AvgIpc) is 3.49. The number of hydrazone groups is 1. The highest BCUT2D eigenvalue weighted by Crippen LogP contribution is 2.28. The molecular formula is C36H31BrN6O2S. The second-order valence-corrected chi connectivity index (χ2v) is 12.6. The lowest BCUT2D eigenvalue weighted by molar-refractivity contribution is -0.120. The zero-order valence-corrected chi connectivity index (χ0v) is 27.4. The molecule has 0 aliphatic heterocycles. The van der Waals surface area contributed by atoms with E-state index >= 15 is 0 Å². The summed E-state index contributed by atoms with van der Waals surface area (Å²) in [6, 6.07) is 39.9. The number of thioether (sulfide) groups is 1. The van der Waals surface area contributed by atoms with Crippen molar-refractivity contribution in [3.8, 4) is 11.4 Å². The number of carbonyl (C=O) groups excluding carboxylic acids is 1. The second kappa shape index (κ2) is 14.9. The van der Waals surface area contributed by atoms with Gasteiger partial charge >= 0.3 is 0 Å². The number of hydrogen-bond acceptors (Lipinski definition) is 7. The van der Waals surface area contributed by atoms with Crippen LogP contribution < -0.4 is 15.5 Å². The molecule has 0 saturated heterocycles. The Morgan fingerprint density at radius 2 is 1.70 bits per heavy atom. The maximum Gasteiger partial charge on any atom is 0.253 e. The minimum atomic E-state index is -0.495. The van der Waals surface area contributed by atoms with Gasteiger partial charge in [0.2, 0.25) is 0 Å². The normalized spacial score (nSPS) is 11.9. The Balaban J connectivity index is 1.13. The van der Waals surface area contributed by atoms with Gasteiger partial charge in [0, 0.05) is 26.8 Å². The third kappa shape index (κ3) is 7.64. The summed E-state index contributed by atoms with van der Waals surface area (Å²) in [4.78, 5) is 13.1. The fourth-order valence-corrected chi connectivity index (χ4v) is 6.18. The monoisotopic (exact) mass is 690 g/mol. The third-order valence-electron chi connectivity index (χ3n) is 7.17. The van der Waals surface area contributed by atoms with Crippen LogP contribution in [0.25, 0.3) is 16.5 Å². The molecule has 1 aromatic heterocycles. The van der Waals surface area contributed by atoms with Crippen LogP contribution in [0.4, 0.5) is 5.69 Å². The van der Waals surface area contributed by atoms with Gasteiger partial charge in [-0.2, -0.15) is 5.10 Å². The molecule has 0 bridgehead atoms. The number of halogens is 1. The molecule has 8 nitrogen and oxygen atoms in total. The van der Waals surface area contributed by atoms with Gasteiger partial charge in [0.05, 0.1) is 18.0 Å². The van der Waals surface area contributed by atoms with Crippen LogP contribution in [0.2, 0.25) is 0 Å². The van der Waals surface area contributed by atoms with E-state index < -0.39 is 5.25 Å². The van der Waals surface area contributed by atoms with Gasteiger partial charge in [-0.25, -0.2) is 5.43 Å². The Hall–Kier alpha value is -4.93. The summed E-state index contributed by atoms with van der Waals surface area (Å²) in [5.74, 6) is 1.14. The van der Waals surface area contributed by atoms with Gasteiger partial charge in [-0.05, 0) is 60.3 Å². The quantitative estimate of drug-likeness (QED) is 0.0768. The standard InChI is InChI=1S/C36H31BrN6O2S/c1-25(35(44)41-39-22-28-13-6-8-20-33(28)45-24-26-11-9-15-29(37)21-26)46-36-42-40-34(43(36)30-16-3-2-4-17-30)23-38-32-19-10-14-27-12-5-7-18-31(27)32/h2-22,25,38H,23-24H2,1H3,(H,41,44)/b39-22+. The van der Waals surface area contributed by atoms with E-state index in [4.69, 9.17) is 4.74 Å². The van der Waals surface area contributed by atoms with E-state index in [-0.39, 0.29) is 5.91 Å². The van der Waals surface area contributed by atoms with E-state index in [1.54, 1.807) is 6.21 Å². The summed E-state index contributed by atoms with van der Waals surface area (Å²) in [5, 5.41) is 19.2. The van der Waals surface area contributed by atoms with Gasteiger partial charge in [-0.3, -0.25) is 9.36 Å². The number of para-hydroxylation sites is 2.